The maximum absolute atomic E-state index is 13.6. The number of hydrogen-bond acceptors (Lipinski definition) is 5. The van der Waals surface area contributed by atoms with Crippen LogP contribution in [0.3, 0.4) is 0 Å². The predicted molar refractivity (Wildman–Crippen MR) is 170 cm³/mol. The minimum absolute atomic E-state index is 0.0833. The average Bonchev–Trinajstić information content (AvgIpc) is 3.04. The Morgan fingerprint density at radius 3 is 2.21 bits per heavy atom. The molecule has 0 bridgehead atoms. The van der Waals surface area contributed by atoms with Crippen molar-refractivity contribution in [1.29, 1.82) is 0 Å². The van der Waals surface area contributed by atoms with Gasteiger partial charge in [-0.2, -0.15) is 0 Å². The molecule has 3 N–H and O–H groups in total. The van der Waals surface area contributed by atoms with Crippen molar-refractivity contribution >= 4 is 22.8 Å². The van der Waals surface area contributed by atoms with Gasteiger partial charge in [-0.3, -0.25) is 0 Å². The van der Waals surface area contributed by atoms with Gasteiger partial charge in [-0.25, -0.2) is 14.8 Å². The molecule has 0 saturated heterocycles. The van der Waals surface area contributed by atoms with Gasteiger partial charge in [0.1, 0.15) is 0 Å². The highest BCUT2D eigenvalue weighted by Gasteiger charge is 2.18. The number of fused-ring (bicyclic) bond motifs is 1. The zero-order chi connectivity index (χ0) is 29.0. The molecule has 1 atom stereocenters. The lowest BCUT2D eigenvalue weighted by Crippen LogP contribution is -2.41. The maximum Gasteiger partial charge on any atom is 0.318 e. The number of nitrogens with zero attached hydrogens (tertiary/aromatic N) is 3. The van der Waals surface area contributed by atoms with Crippen molar-refractivity contribution in [3.63, 3.8) is 0 Å². The van der Waals surface area contributed by atoms with E-state index in [1.807, 2.05) is 36.1 Å². The van der Waals surface area contributed by atoms with Gasteiger partial charge < -0.3 is 20.9 Å². The summed E-state index contributed by atoms with van der Waals surface area (Å²) < 4.78 is 0. The fraction of sp³-hybridized carbons (Fsp3) is 0.229. The molecule has 0 saturated carbocycles. The van der Waals surface area contributed by atoms with Crippen molar-refractivity contribution < 1.29 is 4.79 Å². The second-order valence-corrected chi connectivity index (χ2v) is 10.4. The maximum atomic E-state index is 13.6. The number of nitrogens with one attached hydrogen (secondary N) is 3. The number of benzene rings is 4. The molecule has 0 aliphatic heterocycles. The molecule has 5 rings (SSSR count). The number of carbonyl (C=O) groups excluding carboxylic acids is 1. The fourth-order valence-corrected chi connectivity index (χ4v) is 5.03. The Labute approximate surface area is 248 Å². The minimum atomic E-state index is -0.139. The van der Waals surface area contributed by atoms with Gasteiger partial charge >= 0.3 is 6.03 Å². The summed E-state index contributed by atoms with van der Waals surface area (Å²) in [5, 5.41) is 12.3. The highest BCUT2D eigenvalue weighted by atomic mass is 16.2. The first-order valence-electron chi connectivity index (χ1n) is 14.5. The number of aromatic nitrogens is 2. The first-order chi connectivity index (χ1) is 20.7. The number of hydrogen-bond donors (Lipinski definition) is 3. The summed E-state index contributed by atoms with van der Waals surface area (Å²) in [5.74, 6) is 0.592. The molecule has 0 fully saturated rings. The van der Waals surface area contributed by atoms with Crippen molar-refractivity contribution in [2.75, 3.05) is 18.4 Å². The second-order valence-electron chi connectivity index (χ2n) is 10.4. The second kappa shape index (κ2) is 14.8. The zero-order valence-corrected chi connectivity index (χ0v) is 24.0. The van der Waals surface area contributed by atoms with E-state index in [2.05, 4.69) is 98.7 Å². The lowest BCUT2D eigenvalue weighted by atomic mass is 10.00. The Balaban J connectivity index is 1.21. The molecule has 0 spiro atoms. The third-order valence-corrected chi connectivity index (χ3v) is 7.27. The Hall–Kier alpha value is -4.75. The van der Waals surface area contributed by atoms with Crippen molar-refractivity contribution in [1.82, 2.24) is 25.5 Å². The van der Waals surface area contributed by atoms with Crippen LogP contribution in [0, 0.1) is 0 Å². The SMILES string of the molecule is CC(NC(=O)N(CCCNc1ncccn1)Cc1ccc(CNCc2ccccc2)cc1)c1cccc2ccccc12. The van der Waals surface area contributed by atoms with E-state index in [1.165, 1.54) is 16.5 Å². The number of amides is 2. The molecule has 1 unspecified atom stereocenters. The average molecular weight is 559 g/mol. The Morgan fingerprint density at radius 1 is 0.762 bits per heavy atom. The van der Waals surface area contributed by atoms with Gasteiger partial charge in [-0.1, -0.05) is 97.1 Å². The molecule has 42 heavy (non-hydrogen) atoms. The fourth-order valence-electron chi connectivity index (χ4n) is 5.03. The molecule has 1 heterocycles. The molecular formula is C35H38N6O. The van der Waals surface area contributed by atoms with Crippen molar-refractivity contribution in [2.45, 2.75) is 39.0 Å². The van der Waals surface area contributed by atoms with Gasteiger partial charge in [-0.15, -0.1) is 0 Å². The summed E-state index contributed by atoms with van der Waals surface area (Å²) in [7, 11) is 0. The van der Waals surface area contributed by atoms with Crippen LogP contribution in [0.1, 0.15) is 41.6 Å². The van der Waals surface area contributed by atoms with Gasteiger partial charge in [0.05, 0.1) is 6.04 Å². The zero-order valence-electron chi connectivity index (χ0n) is 24.0. The lowest BCUT2D eigenvalue weighted by Gasteiger charge is -2.26. The Bertz CT molecular complexity index is 1540. The van der Waals surface area contributed by atoms with Crippen LogP contribution < -0.4 is 16.0 Å². The van der Waals surface area contributed by atoms with Crippen molar-refractivity contribution in [3.8, 4) is 0 Å². The summed E-state index contributed by atoms with van der Waals surface area (Å²) >= 11 is 0. The van der Waals surface area contributed by atoms with Crippen molar-refractivity contribution in [2.24, 2.45) is 0 Å². The monoisotopic (exact) mass is 558 g/mol. The van der Waals surface area contributed by atoms with Crippen LogP contribution in [0.4, 0.5) is 10.7 Å². The topological polar surface area (TPSA) is 82.2 Å². The van der Waals surface area contributed by atoms with E-state index in [-0.39, 0.29) is 12.1 Å². The highest BCUT2D eigenvalue weighted by molar-refractivity contribution is 5.86. The lowest BCUT2D eigenvalue weighted by molar-refractivity contribution is 0.191. The van der Waals surface area contributed by atoms with Crippen LogP contribution >= 0.6 is 0 Å². The van der Waals surface area contributed by atoms with E-state index in [0.717, 1.165) is 36.0 Å². The summed E-state index contributed by atoms with van der Waals surface area (Å²) in [6, 6.07) is 35.0. The van der Waals surface area contributed by atoms with Crippen LogP contribution in [0.15, 0.2) is 116 Å². The molecule has 5 aromatic rings. The van der Waals surface area contributed by atoms with Gasteiger partial charge in [0.15, 0.2) is 0 Å². The van der Waals surface area contributed by atoms with Gasteiger partial charge in [0, 0.05) is 45.1 Å². The van der Waals surface area contributed by atoms with Crippen LogP contribution in [0.5, 0.6) is 0 Å². The predicted octanol–water partition coefficient (Wildman–Crippen LogP) is 6.69. The van der Waals surface area contributed by atoms with E-state index >= 15 is 0 Å². The van der Waals surface area contributed by atoms with E-state index in [1.54, 1.807) is 18.5 Å². The molecule has 4 aromatic carbocycles. The third kappa shape index (κ3) is 8.15. The van der Waals surface area contributed by atoms with E-state index in [4.69, 9.17) is 0 Å². The first-order valence-corrected chi connectivity index (χ1v) is 14.5. The summed E-state index contributed by atoms with van der Waals surface area (Å²) in [6.45, 7) is 5.44. The summed E-state index contributed by atoms with van der Waals surface area (Å²) in [5.41, 5.74) is 4.68. The third-order valence-electron chi connectivity index (χ3n) is 7.27. The van der Waals surface area contributed by atoms with Gasteiger partial charge in [-0.05, 0) is 52.4 Å². The molecule has 7 heteroatoms. The quantitative estimate of drug-likeness (QED) is 0.140. The molecular weight excluding hydrogens is 520 g/mol. The van der Waals surface area contributed by atoms with Crippen LogP contribution in [0.25, 0.3) is 10.8 Å². The molecule has 0 aliphatic rings. The first kappa shape index (κ1) is 28.8. The van der Waals surface area contributed by atoms with Crippen LogP contribution in [-0.4, -0.2) is 34.0 Å². The normalized spacial score (nSPS) is 11.6. The Kier molecular flexibility index (Phi) is 10.1. The van der Waals surface area contributed by atoms with Gasteiger partial charge in [0.25, 0.3) is 0 Å². The Morgan fingerprint density at radius 2 is 1.43 bits per heavy atom. The number of carbonyl (C=O) groups is 1. The van der Waals surface area contributed by atoms with Gasteiger partial charge in [0.2, 0.25) is 5.95 Å². The molecule has 1 aromatic heterocycles. The smallest absolute Gasteiger partial charge is 0.318 e. The molecule has 2 amide bonds. The minimum Gasteiger partial charge on any atom is -0.354 e. The largest absolute Gasteiger partial charge is 0.354 e. The molecule has 0 radical (unpaired) electrons. The highest BCUT2D eigenvalue weighted by Crippen LogP contribution is 2.24. The summed E-state index contributed by atoms with van der Waals surface area (Å²) in [4.78, 5) is 24.0. The van der Waals surface area contributed by atoms with Crippen molar-refractivity contribution in [3.05, 3.63) is 138 Å². The number of anilines is 1. The van der Waals surface area contributed by atoms with E-state index in [9.17, 15) is 4.79 Å². The summed E-state index contributed by atoms with van der Waals surface area (Å²) in [6.07, 6.45) is 4.19. The standard InChI is InChI=1S/C35H38N6O/c1-27(32-15-7-13-31-12-5-6-14-33(31)32)40-35(42)41(23-9-22-39-34-37-20-8-21-38-34)26-30-18-16-29(17-19-30)25-36-24-28-10-3-2-4-11-28/h2-8,10-21,27,36H,9,22-26H2,1H3,(H,40,42)(H,37,38,39). The number of urea groups is 1. The number of rotatable bonds is 13. The molecule has 7 nitrogen and oxygen atoms in total. The van der Waals surface area contributed by atoms with E-state index < -0.39 is 0 Å². The molecule has 0 aliphatic carbocycles. The van der Waals surface area contributed by atoms with E-state index in [0.29, 0.717) is 25.6 Å². The van der Waals surface area contributed by atoms with Crippen LogP contribution in [0.2, 0.25) is 0 Å². The van der Waals surface area contributed by atoms with Crippen LogP contribution in [-0.2, 0) is 19.6 Å². The molecule has 214 valence electrons.